The van der Waals surface area contributed by atoms with E-state index in [1.165, 1.54) is 18.7 Å². The maximum Gasteiger partial charge on any atom is 0.127 e. The van der Waals surface area contributed by atoms with Crippen LogP contribution in [-0.2, 0) is 0 Å². The molecule has 2 aliphatic rings. The van der Waals surface area contributed by atoms with E-state index in [0.717, 1.165) is 23.6 Å². The number of nitrogens with zero attached hydrogens (tertiary/aromatic N) is 3. The zero-order valence-electron chi connectivity index (χ0n) is 11.8. The summed E-state index contributed by atoms with van der Waals surface area (Å²) < 4.78 is 0. The quantitative estimate of drug-likeness (QED) is 0.814. The summed E-state index contributed by atoms with van der Waals surface area (Å²) in [5.74, 6) is 3.61. The van der Waals surface area contributed by atoms with Crippen molar-refractivity contribution in [2.24, 2.45) is 11.8 Å². The third-order valence-electron chi connectivity index (χ3n) is 4.57. The van der Waals surface area contributed by atoms with Gasteiger partial charge in [-0.15, -0.1) is 0 Å². The van der Waals surface area contributed by atoms with E-state index in [4.69, 9.17) is 0 Å². The van der Waals surface area contributed by atoms with Gasteiger partial charge in [0.2, 0.25) is 0 Å². The molecule has 1 aromatic heterocycles. The van der Waals surface area contributed by atoms with Crippen LogP contribution in [0.3, 0.4) is 0 Å². The minimum absolute atomic E-state index is 0.702. The molecule has 0 N–H and O–H groups in total. The van der Waals surface area contributed by atoms with Gasteiger partial charge >= 0.3 is 0 Å². The normalized spacial score (nSPS) is 30.6. The molecule has 1 saturated carbocycles. The number of aromatic nitrogens is 1. The van der Waals surface area contributed by atoms with E-state index in [1.54, 1.807) is 0 Å². The Kier molecular flexibility index (Phi) is 2.81. The summed E-state index contributed by atoms with van der Waals surface area (Å²) in [5, 5.41) is 0. The molecule has 1 aromatic rings. The van der Waals surface area contributed by atoms with Gasteiger partial charge in [-0.3, -0.25) is 0 Å². The standard InChI is InChI=1S/C15H23N3/c1-10(2)18-8-12-13(9-18)15(12)11-5-6-14(16-7-11)17(3)4/h5-7,10,12-13,15H,8-9H2,1-4H3. The van der Waals surface area contributed by atoms with Crippen LogP contribution in [0.4, 0.5) is 5.82 Å². The van der Waals surface area contributed by atoms with E-state index in [0.29, 0.717) is 6.04 Å². The van der Waals surface area contributed by atoms with Crippen LogP contribution in [0, 0.1) is 11.8 Å². The Hall–Kier alpha value is -1.09. The van der Waals surface area contributed by atoms with Crippen molar-refractivity contribution in [2.45, 2.75) is 25.8 Å². The Balaban J connectivity index is 1.66. The van der Waals surface area contributed by atoms with Crippen LogP contribution in [-0.4, -0.2) is 43.1 Å². The second-order valence-electron chi connectivity index (χ2n) is 6.25. The van der Waals surface area contributed by atoms with Crippen LogP contribution in [0.5, 0.6) is 0 Å². The molecule has 1 saturated heterocycles. The van der Waals surface area contributed by atoms with Gasteiger partial charge in [0.15, 0.2) is 0 Å². The molecule has 0 bridgehead atoms. The third kappa shape index (κ3) is 1.91. The van der Waals surface area contributed by atoms with E-state index in [9.17, 15) is 0 Å². The zero-order valence-corrected chi connectivity index (χ0v) is 11.8. The number of pyridine rings is 1. The summed E-state index contributed by atoms with van der Waals surface area (Å²) in [6.07, 6.45) is 2.08. The van der Waals surface area contributed by atoms with Crippen molar-refractivity contribution in [3.8, 4) is 0 Å². The second-order valence-corrected chi connectivity index (χ2v) is 6.25. The molecule has 0 amide bonds. The molecule has 0 aromatic carbocycles. The van der Waals surface area contributed by atoms with Crippen molar-refractivity contribution in [3.63, 3.8) is 0 Å². The van der Waals surface area contributed by atoms with E-state index in [-0.39, 0.29) is 0 Å². The summed E-state index contributed by atoms with van der Waals surface area (Å²) in [7, 11) is 4.07. The first-order valence-corrected chi connectivity index (χ1v) is 6.95. The van der Waals surface area contributed by atoms with Gasteiger partial charge in [0.1, 0.15) is 5.82 Å². The summed E-state index contributed by atoms with van der Waals surface area (Å²) in [4.78, 5) is 9.19. The average molecular weight is 245 g/mol. The Morgan fingerprint density at radius 1 is 1.22 bits per heavy atom. The lowest BCUT2D eigenvalue weighted by Crippen LogP contribution is -2.30. The summed E-state index contributed by atoms with van der Waals surface area (Å²) >= 11 is 0. The highest BCUT2D eigenvalue weighted by Crippen LogP contribution is 2.58. The highest BCUT2D eigenvalue weighted by atomic mass is 15.2. The molecule has 2 heterocycles. The first kappa shape index (κ1) is 12.0. The predicted octanol–water partition coefficient (Wildman–Crippen LogP) is 2.20. The van der Waals surface area contributed by atoms with Crippen LogP contribution in [0.2, 0.25) is 0 Å². The fraction of sp³-hybridized carbons (Fsp3) is 0.667. The smallest absolute Gasteiger partial charge is 0.127 e. The Morgan fingerprint density at radius 3 is 2.33 bits per heavy atom. The van der Waals surface area contributed by atoms with Crippen LogP contribution in [0.1, 0.15) is 25.3 Å². The minimum Gasteiger partial charge on any atom is -0.363 e. The molecule has 2 fully saturated rings. The number of likely N-dealkylation sites (tertiary alicyclic amines) is 1. The fourth-order valence-electron chi connectivity index (χ4n) is 3.33. The lowest BCUT2D eigenvalue weighted by molar-refractivity contribution is 0.243. The first-order valence-electron chi connectivity index (χ1n) is 6.95. The summed E-state index contributed by atoms with van der Waals surface area (Å²) in [6, 6.07) is 5.11. The molecule has 2 atom stereocenters. The van der Waals surface area contributed by atoms with Crippen molar-refractivity contribution < 1.29 is 0 Å². The van der Waals surface area contributed by atoms with E-state index >= 15 is 0 Å². The molecule has 1 aliphatic heterocycles. The lowest BCUT2D eigenvalue weighted by atomic mass is 10.1. The first-order chi connectivity index (χ1) is 8.58. The molecule has 3 heteroatoms. The number of rotatable bonds is 3. The Morgan fingerprint density at radius 2 is 1.89 bits per heavy atom. The van der Waals surface area contributed by atoms with Gasteiger partial charge in [0.05, 0.1) is 0 Å². The minimum atomic E-state index is 0.702. The van der Waals surface area contributed by atoms with Gasteiger partial charge in [-0.05, 0) is 43.2 Å². The molecule has 3 nitrogen and oxygen atoms in total. The lowest BCUT2D eigenvalue weighted by Gasteiger charge is -2.23. The third-order valence-corrected chi connectivity index (χ3v) is 4.57. The SMILES string of the molecule is CC(C)N1CC2C(C1)C2c1ccc(N(C)C)nc1. The topological polar surface area (TPSA) is 19.4 Å². The van der Waals surface area contributed by atoms with Crippen LogP contribution in [0.25, 0.3) is 0 Å². The number of hydrogen-bond acceptors (Lipinski definition) is 3. The number of piperidine rings is 1. The summed E-state index contributed by atoms with van der Waals surface area (Å²) in [5.41, 5.74) is 1.44. The van der Waals surface area contributed by atoms with E-state index in [1.807, 2.05) is 14.1 Å². The number of fused-ring (bicyclic) bond motifs is 1. The van der Waals surface area contributed by atoms with E-state index < -0.39 is 0 Å². The predicted molar refractivity (Wildman–Crippen MR) is 75.0 cm³/mol. The van der Waals surface area contributed by atoms with Crippen LogP contribution >= 0.6 is 0 Å². The molecular formula is C15H23N3. The molecule has 0 radical (unpaired) electrons. The van der Waals surface area contributed by atoms with E-state index in [2.05, 4.69) is 47.0 Å². The number of hydrogen-bond donors (Lipinski definition) is 0. The second kappa shape index (κ2) is 4.23. The molecule has 2 unspecified atom stereocenters. The highest BCUT2D eigenvalue weighted by Gasteiger charge is 2.56. The van der Waals surface area contributed by atoms with Crippen LogP contribution in [0.15, 0.2) is 18.3 Å². The van der Waals surface area contributed by atoms with Crippen LogP contribution < -0.4 is 4.90 Å². The maximum absolute atomic E-state index is 4.53. The van der Waals surface area contributed by atoms with Gasteiger partial charge in [0.25, 0.3) is 0 Å². The molecule has 0 spiro atoms. The largest absolute Gasteiger partial charge is 0.363 e. The molecule has 98 valence electrons. The van der Waals surface area contributed by atoms with Gasteiger partial charge in [-0.25, -0.2) is 4.98 Å². The summed E-state index contributed by atoms with van der Waals surface area (Å²) in [6.45, 7) is 7.16. The maximum atomic E-state index is 4.53. The molecule has 1 aliphatic carbocycles. The highest BCUT2D eigenvalue weighted by molar-refractivity contribution is 5.40. The van der Waals surface area contributed by atoms with Crippen molar-refractivity contribution in [3.05, 3.63) is 23.9 Å². The Labute approximate surface area is 110 Å². The van der Waals surface area contributed by atoms with Crippen molar-refractivity contribution in [1.82, 2.24) is 9.88 Å². The van der Waals surface area contributed by atoms with Gasteiger partial charge in [0, 0.05) is 39.4 Å². The monoisotopic (exact) mass is 245 g/mol. The molecular weight excluding hydrogens is 222 g/mol. The average Bonchev–Trinajstić information content (AvgIpc) is 2.83. The fourth-order valence-corrected chi connectivity index (χ4v) is 3.33. The Bertz CT molecular complexity index is 412. The molecule has 3 rings (SSSR count). The van der Waals surface area contributed by atoms with Crippen molar-refractivity contribution >= 4 is 5.82 Å². The van der Waals surface area contributed by atoms with Crippen molar-refractivity contribution in [2.75, 3.05) is 32.1 Å². The zero-order chi connectivity index (χ0) is 12.9. The molecule has 18 heavy (non-hydrogen) atoms. The van der Waals surface area contributed by atoms with Gasteiger partial charge in [-0.2, -0.15) is 0 Å². The number of anilines is 1. The van der Waals surface area contributed by atoms with Crippen molar-refractivity contribution in [1.29, 1.82) is 0 Å². The van der Waals surface area contributed by atoms with Gasteiger partial charge in [-0.1, -0.05) is 6.07 Å². The van der Waals surface area contributed by atoms with Gasteiger partial charge < -0.3 is 9.80 Å².